The maximum absolute atomic E-state index is 12.3. The summed E-state index contributed by atoms with van der Waals surface area (Å²) in [5.74, 6) is -0.0966. The van der Waals surface area contributed by atoms with Gasteiger partial charge in [0.2, 0.25) is 0 Å². The van der Waals surface area contributed by atoms with Gasteiger partial charge in [0.1, 0.15) is 5.69 Å². The highest BCUT2D eigenvalue weighted by atomic mass is 32.1. The first-order valence-corrected chi connectivity index (χ1v) is 9.83. The first-order valence-electron chi connectivity index (χ1n) is 8.95. The Morgan fingerprint density at radius 2 is 2.08 bits per heavy atom. The van der Waals surface area contributed by atoms with E-state index in [1.165, 1.54) is 11.3 Å². The van der Waals surface area contributed by atoms with Crippen molar-refractivity contribution in [3.8, 4) is 0 Å². The van der Waals surface area contributed by atoms with Crippen LogP contribution in [0.5, 0.6) is 0 Å². The van der Waals surface area contributed by atoms with Gasteiger partial charge >= 0.3 is 0 Å². The maximum Gasteiger partial charge on any atom is 0.270 e. The molecule has 0 spiro atoms. The van der Waals surface area contributed by atoms with Crippen LogP contribution in [0, 0.1) is 6.92 Å². The Labute approximate surface area is 150 Å². The molecule has 2 aliphatic rings. The molecule has 2 heterocycles. The molecule has 0 bridgehead atoms. The normalized spacial score (nSPS) is 22.6. The SMILES string of the molecule is Cc1nc(C(=O)NC2CCC(n3nc4c(cc3=O)CCC4)CC2)cs1. The number of nitrogens with one attached hydrogen (secondary N) is 1. The Morgan fingerprint density at radius 1 is 1.28 bits per heavy atom. The molecule has 6 nitrogen and oxygen atoms in total. The van der Waals surface area contributed by atoms with Crippen LogP contribution in [0.15, 0.2) is 16.2 Å². The zero-order valence-electron chi connectivity index (χ0n) is 14.3. The molecule has 1 amide bonds. The van der Waals surface area contributed by atoms with Crippen LogP contribution in [-0.2, 0) is 12.8 Å². The van der Waals surface area contributed by atoms with Crippen LogP contribution >= 0.6 is 11.3 Å². The van der Waals surface area contributed by atoms with Gasteiger partial charge in [-0.25, -0.2) is 9.67 Å². The lowest BCUT2D eigenvalue weighted by molar-refractivity contribution is 0.0916. The summed E-state index contributed by atoms with van der Waals surface area (Å²) >= 11 is 1.49. The van der Waals surface area contributed by atoms with Gasteiger partial charge in [0, 0.05) is 17.5 Å². The van der Waals surface area contributed by atoms with E-state index in [4.69, 9.17) is 0 Å². The van der Waals surface area contributed by atoms with Crippen LogP contribution in [0.3, 0.4) is 0 Å². The van der Waals surface area contributed by atoms with Gasteiger partial charge < -0.3 is 5.32 Å². The summed E-state index contributed by atoms with van der Waals surface area (Å²) in [5.41, 5.74) is 2.74. The monoisotopic (exact) mass is 358 g/mol. The van der Waals surface area contributed by atoms with Gasteiger partial charge in [0.25, 0.3) is 11.5 Å². The molecule has 1 N–H and O–H groups in total. The van der Waals surface area contributed by atoms with Crippen LogP contribution in [0.4, 0.5) is 0 Å². The number of amides is 1. The van der Waals surface area contributed by atoms with Crippen molar-refractivity contribution < 1.29 is 4.79 Å². The second kappa shape index (κ2) is 6.71. The van der Waals surface area contributed by atoms with Crippen molar-refractivity contribution >= 4 is 17.2 Å². The van der Waals surface area contributed by atoms with Crippen LogP contribution in [-0.4, -0.2) is 26.7 Å². The maximum atomic E-state index is 12.3. The quantitative estimate of drug-likeness (QED) is 0.914. The van der Waals surface area contributed by atoms with Crippen LogP contribution in [0.25, 0.3) is 0 Å². The van der Waals surface area contributed by atoms with Gasteiger partial charge in [-0.05, 0) is 57.4 Å². The van der Waals surface area contributed by atoms with Crippen LogP contribution < -0.4 is 10.9 Å². The predicted octanol–water partition coefficient (Wildman–Crippen LogP) is 2.41. The third-order valence-electron chi connectivity index (χ3n) is 5.21. The fourth-order valence-electron chi connectivity index (χ4n) is 3.87. The summed E-state index contributed by atoms with van der Waals surface area (Å²) < 4.78 is 1.69. The Kier molecular flexibility index (Phi) is 4.41. The Bertz CT molecular complexity index is 849. The topological polar surface area (TPSA) is 76.9 Å². The van der Waals surface area contributed by atoms with Crippen molar-refractivity contribution in [1.82, 2.24) is 20.1 Å². The summed E-state index contributed by atoms with van der Waals surface area (Å²) in [5, 5.41) is 10.4. The molecule has 0 atom stereocenters. The van der Waals surface area contributed by atoms with E-state index < -0.39 is 0 Å². The highest BCUT2D eigenvalue weighted by molar-refractivity contribution is 7.09. The molecule has 4 rings (SSSR count). The van der Waals surface area contributed by atoms with E-state index in [-0.39, 0.29) is 23.6 Å². The molecule has 7 heteroatoms. The zero-order valence-corrected chi connectivity index (χ0v) is 15.1. The molecule has 25 heavy (non-hydrogen) atoms. The van der Waals surface area contributed by atoms with Crippen LogP contribution in [0.2, 0.25) is 0 Å². The average molecular weight is 358 g/mol. The van der Waals surface area contributed by atoms with E-state index in [1.807, 2.05) is 6.92 Å². The fraction of sp³-hybridized carbons (Fsp3) is 0.556. The molecule has 0 saturated heterocycles. The lowest BCUT2D eigenvalue weighted by Gasteiger charge is -2.29. The first kappa shape index (κ1) is 16.4. The van der Waals surface area contributed by atoms with Crippen molar-refractivity contribution in [3.63, 3.8) is 0 Å². The third-order valence-corrected chi connectivity index (χ3v) is 5.99. The summed E-state index contributed by atoms with van der Waals surface area (Å²) in [6.45, 7) is 1.90. The lowest BCUT2D eigenvalue weighted by atomic mass is 9.91. The molecule has 2 aliphatic carbocycles. The molecule has 0 radical (unpaired) electrons. The Hall–Kier alpha value is -2.02. The van der Waals surface area contributed by atoms with E-state index in [9.17, 15) is 9.59 Å². The van der Waals surface area contributed by atoms with E-state index in [2.05, 4.69) is 15.4 Å². The molecule has 0 aromatic carbocycles. The molecule has 1 fully saturated rings. The number of carbonyl (C=O) groups is 1. The number of thiazole rings is 1. The second-order valence-corrected chi connectivity index (χ2v) is 8.05. The van der Waals surface area contributed by atoms with Gasteiger partial charge in [-0.1, -0.05) is 0 Å². The fourth-order valence-corrected chi connectivity index (χ4v) is 4.46. The largest absolute Gasteiger partial charge is 0.348 e. The molecule has 132 valence electrons. The summed E-state index contributed by atoms with van der Waals surface area (Å²) in [6.07, 6.45) is 6.52. The van der Waals surface area contributed by atoms with Crippen molar-refractivity contribution in [2.45, 2.75) is 64.0 Å². The number of hydrogen-bond donors (Lipinski definition) is 1. The number of nitrogens with zero attached hydrogens (tertiary/aromatic N) is 3. The van der Waals surface area contributed by atoms with E-state index in [1.54, 1.807) is 16.1 Å². The van der Waals surface area contributed by atoms with E-state index >= 15 is 0 Å². The molecular weight excluding hydrogens is 336 g/mol. The minimum Gasteiger partial charge on any atom is -0.348 e. The minimum atomic E-state index is -0.0966. The van der Waals surface area contributed by atoms with Gasteiger partial charge in [0.15, 0.2) is 0 Å². The Balaban J connectivity index is 1.39. The predicted molar refractivity (Wildman–Crippen MR) is 96.1 cm³/mol. The Morgan fingerprint density at radius 3 is 2.80 bits per heavy atom. The number of aryl methyl sites for hydroxylation is 3. The number of carbonyl (C=O) groups excluding carboxylic acids is 1. The van der Waals surface area contributed by atoms with Crippen LogP contribution in [0.1, 0.15) is 64.9 Å². The first-order chi connectivity index (χ1) is 12.1. The zero-order chi connectivity index (χ0) is 17.4. The second-order valence-electron chi connectivity index (χ2n) is 6.98. The number of rotatable bonds is 3. The van der Waals surface area contributed by atoms with E-state index in [0.29, 0.717) is 5.69 Å². The third kappa shape index (κ3) is 3.38. The molecule has 0 unspecified atom stereocenters. The van der Waals surface area contributed by atoms with Gasteiger partial charge in [0.05, 0.1) is 16.7 Å². The van der Waals surface area contributed by atoms with Gasteiger partial charge in [-0.2, -0.15) is 5.10 Å². The smallest absolute Gasteiger partial charge is 0.270 e. The summed E-state index contributed by atoms with van der Waals surface area (Å²) in [7, 11) is 0. The molecular formula is C18H22N4O2S. The molecule has 0 aliphatic heterocycles. The lowest BCUT2D eigenvalue weighted by Crippen LogP contribution is -2.39. The standard InChI is InChI=1S/C18H22N4O2S/c1-11-19-16(10-25-11)18(24)20-13-5-7-14(8-6-13)22-17(23)9-12-3-2-4-15(12)21-22/h9-10,13-14H,2-8H2,1H3,(H,20,24). The molecule has 2 aromatic heterocycles. The summed E-state index contributed by atoms with van der Waals surface area (Å²) in [4.78, 5) is 28.8. The van der Waals surface area contributed by atoms with Crippen molar-refractivity contribution in [2.24, 2.45) is 0 Å². The number of aromatic nitrogens is 3. The van der Waals surface area contributed by atoms with Gasteiger partial charge in [-0.3, -0.25) is 9.59 Å². The molecule has 1 saturated carbocycles. The van der Waals surface area contributed by atoms with E-state index in [0.717, 1.165) is 61.2 Å². The average Bonchev–Trinajstić information content (AvgIpc) is 3.23. The highest BCUT2D eigenvalue weighted by Crippen LogP contribution is 2.28. The minimum absolute atomic E-state index is 0.0195. The summed E-state index contributed by atoms with van der Waals surface area (Å²) in [6, 6.07) is 2.07. The highest BCUT2D eigenvalue weighted by Gasteiger charge is 2.26. The number of fused-ring (bicyclic) bond motifs is 1. The van der Waals surface area contributed by atoms with Crippen molar-refractivity contribution in [3.05, 3.63) is 43.8 Å². The molecule has 2 aromatic rings. The number of hydrogen-bond acceptors (Lipinski definition) is 5. The van der Waals surface area contributed by atoms with Gasteiger partial charge in [-0.15, -0.1) is 11.3 Å². The van der Waals surface area contributed by atoms with Crippen molar-refractivity contribution in [2.75, 3.05) is 0 Å². The van der Waals surface area contributed by atoms with Crippen molar-refractivity contribution in [1.29, 1.82) is 0 Å².